The molecule has 0 radical (unpaired) electrons. The maximum Gasteiger partial charge on any atom is 0.123 e. The first kappa shape index (κ1) is 13.6. The van der Waals surface area contributed by atoms with Crippen molar-refractivity contribution in [2.75, 3.05) is 26.2 Å². The van der Waals surface area contributed by atoms with Crippen LogP contribution in [-0.4, -0.2) is 47.9 Å². The SMILES string of the molecule is NCC1(C2(O)CCN3CCCC32)CCOc2ccccc21. The van der Waals surface area contributed by atoms with Crippen molar-refractivity contribution in [2.24, 2.45) is 5.73 Å². The van der Waals surface area contributed by atoms with E-state index < -0.39 is 5.60 Å². The lowest BCUT2D eigenvalue weighted by molar-refractivity contribution is -0.0706. The number of nitrogens with zero attached hydrogens (tertiary/aromatic N) is 1. The molecule has 2 fully saturated rings. The fourth-order valence-electron chi connectivity index (χ4n) is 4.97. The zero-order valence-corrected chi connectivity index (χ0v) is 12.4. The van der Waals surface area contributed by atoms with Gasteiger partial charge in [-0.05, 0) is 38.3 Å². The quantitative estimate of drug-likeness (QED) is 0.860. The number of hydrogen-bond acceptors (Lipinski definition) is 4. The molecule has 3 aliphatic heterocycles. The van der Waals surface area contributed by atoms with Gasteiger partial charge in [0.15, 0.2) is 0 Å². The minimum absolute atomic E-state index is 0.257. The van der Waals surface area contributed by atoms with Gasteiger partial charge in [0, 0.05) is 30.1 Å². The highest BCUT2D eigenvalue weighted by molar-refractivity contribution is 5.45. The van der Waals surface area contributed by atoms with Crippen LogP contribution in [0.4, 0.5) is 0 Å². The molecule has 3 atom stereocenters. The molecule has 114 valence electrons. The van der Waals surface area contributed by atoms with Crippen LogP contribution >= 0.6 is 0 Å². The van der Waals surface area contributed by atoms with E-state index in [2.05, 4.69) is 11.0 Å². The number of hydrogen-bond donors (Lipinski definition) is 2. The first-order valence-corrected chi connectivity index (χ1v) is 8.10. The molecule has 4 heteroatoms. The molecule has 3 heterocycles. The summed E-state index contributed by atoms with van der Waals surface area (Å²) in [7, 11) is 0. The molecule has 1 aromatic carbocycles. The predicted molar refractivity (Wildman–Crippen MR) is 81.4 cm³/mol. The van der Waals surface area contributed by atoms with Crippen molar-refractivity contribution in [3.63, 3.8) is 0 Å². The van der Waals surface area contributed by atoms with Crippen molar-refractivity contribution in [3.8, 4) is 5.75 Å². The van der Waals surface area contributed by atoms with E-state index in [0.29, 0.717) is 13.2 Å². The van der Waals surface area contributed by atoms with Gasteiger partial charge in [-0.25, -0.2) is 0 Å². The predicted octanol–water partition coefficient (Wildman–Crippen LogP) is 1.26. The third kappa shape index (κ3) is 1.67. The molecule has 0 amide bonds. The Kier molecular flexibility index (Phi) is 3.03. The second-order valence-corrected chi connectivity index (χ2v) is 6.75. The summed E-state index contributed by atoms with van der Waals surface area (Å²) < 4.78 is 5.82. The molecule has 3 unspecified atom stereocenters. The largest absolute Gasteiger partial charge is 0.493 e. The summed E-state index contributed by atoms with van der Waals surface area (Å²) in [6.07, 6.45) is 3.90. The molecule has 2 saturated heterocycles. The van der Waals surface area contributed by atoms with Crippen LogP contribution in [0.1, 0.15) is 31.2 Å². The van der Waals surface area contributed by atoms with Crippen LogP contribution in [0.25, 0.3) is 0 Å². The zero-order valence-electron chi connectivity index (χ0n) is 12.4. The summed E-state index contributed by atoms with van der Waals surface area (Å²) in [4.78, 5) is 2.45. The van der Waals surface area contributed by atoms with E-state index in [-0.39, 0.29) is 11.5 Å². The molecule has 21 heavy (non-hydrogen) atoms. The molecule has 0 spiro atoms. The smallest absolute Gasteiger partial charge is 0.123 e. The summed E-state index contributed by atoms with van der Waals surface area (Å²) in [5.74, 6) is 0.902. The molecule has 1 aromatic rings. The molecule has 3 N–H and O–H groups in total. The minimum Gasteiger partial charge on any atom is -0.493 e. The maximum absolute atomic E-state index is 11.7. The Morgan fingerprint density at radius 3 is 3.00 bits per heavy atom. The van der Waals surface area contributed by atoms with Gasteiger partial charge in [-0.15, -0.1) is 0 Å². The number of ether oxygens (including phenoxy) is 1. The summed E-state index contributed by atoms with van der Waals surface area (Å²) >= 11 is 0. The third-order valence-corrected chi connectivity index (χ3v) is 6.06. The molecular formula is C17H24N2O2. The molecular weight excluding hydrogens is 264 g/mol. The van der Waals surface area contributed by atoms with Gasteiger partial charge in [0.2, 0.25) is 0 Å². The summed E-state index contributed by atoms with van der Waals surface area (Å²) in [6, 6.07) is 8.38. The standard InChI is InChI=1S/C17H24N2O2/c18-12-16(8-11-21-14-5-2-1-4-13(14)16)17(20)7-10-19-9-3-6-15(17)19/h1-2,4-5,15,20H,3,6-12,18H2. The highest BCUT2D eigenvalue weighted by atomic mass is 16.5. The third-order valence-electron chi connectivity index (χ3n) is 6.06. The van der Waals surface area contributed by atoms with E-state index in [1.165, 1.54) is 6.42 Å². The van der Waals surface area contributed by atoms with Crippen molar-refractivity contribution in [2.45, 2.75) is 42.7 Å². The second-order valence-electron chi connectivity index (χ2n) is 6.75. The van der Waals surface area contributed by atoms with E-state index in [1.54, 1.807) is 0 Å². The van der Waals surface area contributed by atoms with Crippen LogP contribution < -0.4 is 10.5 Å². The van der Waals surface area contributed by atoms with Gasteiger partial charge in [-0.3, -0.25) is 4.90 Å². The van der Waals surface area contributed by atoms with Crippen LogP contribution in [0.3, 0.4) is 0 Å². The first-order valence-electron chi connectivity index (χ1n) is 8.10. The number of nitrogens with two attached hydrogens (primary N) is 1. The van der Waals surface area contributed by atoms with E-state index in [9.17, 15) is 5.11 Å². The first-order chi connectivity index (χ1) is 10.2. The number of aliphatic hydroxyl groups is 1. The number of rotatable bonds is 2. The summed E-state index contributed by atoms with van der Waals surface area (Å²) in [6.45, 7) is 3.23. The average molecular weight is 288 g/mol. The normalized spacial score (nSPS) is 38.9. The number of benzene rings is 1. The second kappa shape index (κ2) is 4.70. The monoisotopic (exact) mass is 288 g/mol. The van der Waals surface area contributed by atoms with Crippen LogP contribution in [0.15, 0.2) is 24.3 Å². The Hall–Kier alpha value is -1.10. The summed E-state index contributed by atoms with van der Waals surface area (Å²) in [5.41, 5.74) is 6.28. The van der Waals surface area contributed by atoms with E-state index in [4.69, 9.17) is 10.5 Å². The lowest BCUT2D eigenvalue weighted by atomic mass is 9.61. The molecule has 3 aliphatic rings. The van der Waals surface area contributed by atoms with Crippen molar-refractivity contribution in [3.05, 3.63) is 29.8 Å². The molecule has 0 aromatic heterocycles. The lowest BCUT2D eigenvalue weighted by Crippen LogP contribution is -2.62. The molecule has 0 saturated carbocycles. The molecule has 0 aliphatic carbocycles. The minimum atomic E-state index is -0.724. The van der Waals surface area contributed by atoms with Crippen LogP contribution in [-0.2, 0) is 5.41 Å². The Labute approximate surface area is 125 Å². The van der Waals surface area contributed by atoms with Crippen LogP contribution in [0.5, 0.6) is 5.75 Å². The van der Waals surface area contributed by atoms with Crippen molar-refractivity contribution in [1.29, 1.82) is 0 Å². The van der Waals surface area contributed by atoms with Gasteiger partial charge in [0.05, 0.1) is 12.2 Å². The van der Waals surface area contributed by atoms with Crippen LogP contribution in [0, 0.1) is 0 Å². The van der Waals surface area contributed by atoms with Crippen molar-refractivity contribution >= 4 is 0 Å². The fraction of sp³-hybridized carbons (Fsp3) is 0.647. The van der Waals surface area contributed by atoms with Gasteiger partial charge in [-0.1, -0.05) is 18.2 Å². The van der Waals surface area contributed by atoms with Gasteiger partial charge in [-0.2, -0.15) is 0 Å². The number of para-hydroxylation sites is 1. The van der Waals surface area contributed by atoms with E-state index in [0.717, 1.165) is 43.7 Å². The molecule has 0 bridgehead atoms. The van der Waals surface area contributed by atoms with Gasteiger partial charge in [0.25, 0.3) is 0 Å². The Morgan fingerprint density at radius 2 is 2.14 bits per heavy atom. The summed E-state index contributed by atoms with van der Waals surface area (Å²) in [5, 5.41) is 11.7. The average Bonchev–Trinajstić information content (AvgIpc) is 3.11. The Balaban J connectivity index is 1.85. The van der Waals surface area contributed by atoms with Gasteiger partial charge in [0.1, 0.15) is 5.75 Å². The van der Waals surface area contributed by atoms with Crippen molar-refractivity contribution in [1.82, 2.24) is 4.90 Å². The van der Waals surface area contributed by atoms with Crippen LogP contribution in [0.2, 0.25) is 0 Å². The molecule has 4 nitrogen and oxygen atoms in total. The lowest BCUT2D eigenvalue weighted by Gasteiger charge is -2.50. The van der Waals surface area contributed by atoms with E-state index in [1.807, 2.05) is 18.2 Å². The number of fused-ring (bicyclic) bond motifs is 2. The van der Waals surface area contributed by atoms with E-state index >= 15 is 0 Å². The van der Waals surface area contributed by atoms with Crippen molar-refractivity contribution < 1.29 is 9.84 Å². The maximum atomic E-state index is 11.7. The van der Waals surface area contributed by atoms with Gasteiger partial charge >= 0.3 is 0 Å². The topological polar surface area (TPSA) is 58.7 Å². The highest BCUT2D eigenvalue weighted by Gasteiger charge is 2.61. The molecule has 4 rings (SSSR count). The highest BCUT2D eigenvalue weighted by Crippen LogP contribution is 2.53. The Bertz CT molecular complexity index is 549. The Morgan fingerprint density at radius 1 is 1.29 bits per heavy atom. The van der Waals surface area contributed by atoms with Gasteiger partial charge < -0.3 is 15.6 Å². The fourth-order valence-corrected chi connectivity index (χ4v) is 4.97. The zero-order chi connectivity index (χ0) is 14.5.